The Morgan fingerprint density at radius 1 is 1.27 bits per heavy atom. The Labute approximate surface area is 173 Å². The van der Waals surface area contributed by atoms with Crippen molar-refractivity contribution in [3.05, 3.63) is 16.4 Å². The molecule has 0 aromatic carbocycles. The Kier molecular flexibility index (Phi) is 5.23. The van der Waals surface area contributed by atoms with E-state index in [2.05, 4.69) is 22.3 Å². The third kappa shape index (κ3) is 3.77. The van der Waals surface area contributed by atoms with Crippen molar-refractivity contribution in [2.24, 2.45) is 5.92 Å². The number of Topliss-reactive ketones (excluding diaryl/α,β-unsaturated/α-hetero) is 1. The molecule has 2 fully saturated rings. The van der Waals surface area contributed by atoms with Crippen molar-refractivity contribution >= 4 is 30.3 Å². The molecule has 1 aliphatic heterocycles. The zero-order valence-electron chi connectivity index (χ0n) is 17.3. The topological polar surface area (TPSA) is 87.2 Å². The summed E-state index contributed by atoms with van der Waals surface area (Å²) in [6.45, 7) is 7.14. The molecule has 1 aromatic heterocycles. The Hall–Kier alpha value is -2.58. The number of halogens is 2. The van der Waals surface area contributed by atoms with Gasteiger partial charge in [-0.15, -0.1) is 0 Å². The number of carbonyl (C=O) groups is 2. The van der Waals surface area contributed by atoms with Crippen LogP contribution in [0.1, 0.15) is 64.1 Å². The summed E-state index contributed by atoms with van der Waals surface area (Å²) in [6, 6.07) is -0.608. The number of nitrogens with zero attached hydrogens (tertiary/aromatic N) is 3. The number of alkyl halides is 2. The Balaban J connectivity index is 1.54. The average Bonchev–Trinajstić information content (AvgIpc) is 3.05. The molecule has 2 aliphatic carbocycles. The Bertz CT molecular complexity index is 972. The highest BCUT2D eigenvalue weighted by molar-refractivity contribution is 5.88. The molecule has 0 radical (unpaired) electrons. The molecule has 1 unspecified atom stereocenters. The van der Waals surface area contributed by atoms with Crippen LogP contribution in [0.2, 0.25) is 0 Å². The van der Waals surface area contributed by atoms with Crippen LogP contribution in [0.15, 0.2) is 0 Å². The molecule has 4 rings (SSSR count). The fourth-order valence-corrected chi connectivity index (χ4v) is 4.32. The van der Waals surface area contributed by atoms with E-state index in [1.165, 1.54) is 6.92 Å². The number of hydrogen-bond acceptors (Lipinski definition) is 6. The molecule has 0 saturated heterocycles. The van der Waals surface area contributed by atoms with Gasteiger partial charge in [0.05, 0.1) is 22.7 Å². The maximum atomic E-state index is 13.6. The molecule has 1 aromatic rings. The maximum Gasteiger partial charge on any atom is 0.248 e. The first-order valence-corrected chi connectivity index (χ1v) is 10.5. The van der Waals surface area contributed by atoms with Crippen LogP contribution in [-0.2, 0) is 9.59 Å². The lowest BCUT2D eigenvalue weighted by molar-refractivity contribution is -0.132. The van der Waals surface area contributed by atoms with Crippen LogP contribution in [0.5, 0.6) is 0 Å². The van der Waals surface area contributed by atoms with Gasteiger partial charge in [-0.1, -0.05) is 6.58 Å². The summed E-state index contributed by atoms with van der Waals surface area (Å²) < 4.78 is 27.1. The second kappa shape index (κ2) is 7.59. The minimum atomic E-state index is -2.60. The highest BCUT2D eigenvalue weighted by Gasteiger charge is 2.42. The summed E-state index contributed by atoms with van der Waals surface area (Å²) in [5.74, 6) is -2.10. The summed E-state index contributed by atoms with van der Waals surface area (Å²) in [7, 11) is 0. The lowest BCUT2D eigenvalue weighted by Gasteiger charge is -2.37. The van der Waals surface area contributed by atoms with Crippen LogP contribution in [-0.4, -0.2) is 39.7 Å². The molecule has 3 aliphatic rings. The number of nitrogens with one attached hydrogen (secondary N) is 2. The first-order valence-electron chi connectivity index (χ1n) is 10.5. The zero-order chi connectivity index (χ0) is 21.6. The van der Waals surface area contributed by atoms with Crippen LogP contribution in [0.25, 0.3) is 12.8 Å². The summed E-state index contributed by atoms with van der Waals surface area (Å²) in [5.41, 5.74) is 3.14. The SMILES string of the molecule is C=c1nc([C@@H]2CC[C@H]2C(=O)NC(C)C(C)=O)nc2c1=CNN2C1CCC(F)(F)CC1. The van der Waals surface area contributed by atoms with Gasteiger partial charge in [0, 0.05) is 30.9 Å². The molecular formula is C21H27F2N5O2. The molecular weight excluding hydrogens is 392 g/mol. The number of amides is 1. The summed E-state index contributed by atoms with van der Waals surface area (Å²) in [4.78, 5) is 33.3. The smallest absolute Gasteiger partial charge is 0.248 e. The van der Waals surface area contributed by atoms with Gasteiger partial charge in [0.15, 0.2) is 11.6 Å². The highest BCUT2D eigenvalue weighted by Crippen LogP contribution is 2.41. The van der Waals surface area contributed by atoms with Gasteiger partial charge in [-0.3, -0.25) is 14.6 Å². The third-order valence-corrected chi connectivity index (χ3v) is 6.56. The van der Waals surface area contributed by atoms with Crippen molar-refractivity contribution in [3.8, 4) is 0 Å². The van der Waals surface area contributed by atoms with Gasteiger partial charge in [0.2, 0.25) is 11.8 Å². The molecule has 3 atom stereocenters. The van der Waals surface area contributed by atoms with Crippen LogP contribution >= 0.6 is 0 Å². The average molecular weight is 419 g/mol. The van der Waals surface area contributed by atoms with E-state index in [1.54, 1.807) is 13.1 Å². The van der Waals surface area contributed by atoms with E-state index < -0.39 is 12.0 Å². The van der Waals surface area contributed by atoms with Crippen LogP contribution in [0.4, 0.5) is 14.6 Å². The van der Waals surface area contributed by atoms with Gasteiger partial charge in [0.1, 0.15) is 5.82 Å². The number of anilines is 1. The van der Waals surface area contributed by atoms with Gasteiger partial charge in [-0.05, 0) is 39.5 Å². The number of hydrogen-bond donors (Lipinski definition) is 2. The second-order valence-electron chi connectivity index (χ2n) is 8.63. The van der Waals surface area contributed by atoms with Gasteiger partial charge < -0.3 is 10.7 Å². The van der Waals surface area contributed by atoms with E-state index >= 15 is 0 Å². The molecule has 0 bridgehead atoms. The van der Waals surface area contributed by atoms with E-state index in [1.807, 2.05) is 5.01 Å². The monoisotopic (exact) mass is 419 g/mol. The van der Waals surface area contributed by atoms with Crippen molar-refractivity contribution in [2.45, 2.75) is 76.3 Å². The predicted molar refractivity (Wildman–Crippen MR) is 108 cm³/mol. The van der Waals surface area contributed by atoms with E-state index in [0.717, 1.165) is 11.6 Å². The summed E-state index contributed by atoms with van der Waals surface area (Å²) in [6.07, 6.45) is 3.71. The number of aromatic nitrogens is 2. The summed E-state index contributed by atoms with van der Waals surface area (Å²) in [5, 5.41) is 5.90. The van der Waals surface area contributed by atoms with Crippen molar-refractivity contribution in [2.75, 3.05) is 5.01 Å². The van der Waals surface area contributed by atoms with Crippen molar-refractivity contribution in [1.82, 2.24) is 20.7 Å². The number of rotatable bonds is 5. The fourth-order valence-electron chi connectivity index (χ4n) is 4.32. The standard InChI is InChI=1S/C21H27F2N5O2/c1-11(13(3)29)26-20(30)16-5-4-15(16)18-25-12(2)17-10-24-28(19(17)27-18)14-6-8-21(22,23)9-7-14/h10-11,14-16,24H,2,4-9H2,1,3H3,(H,26,30)/t11?,15-,16-/m1/s1. The third-order valence-electron chi connectivity index (χ3n) is 6.56. The molecule has 30 heavy (non-hydrogen) atoms. The van der Waals surface area contributed by atoms with E-state index in [-0.39, 0.29) is 42.4 Å². The van der Waals surface area contributed by atoms with E-state index in [0.29, 0.717) is 36.3 Å². The van der Waals surface area contributed by atoms with Gasteiger partial charge >= 0.3 is 0 Å². The van der Waals surface area contributed by atoms with Gasteiger partial charge in [-0.2, -0.15) is 0 Å². The molecule has 2 heterocycles. The molecule has 2 N–H and O–H groups in total. The van der Waals surface area contributed by atoms with Crippen molar-refractivity contribution < 1.29 is 18.4 Å². The minimum absolute atomic E-state index is 0.0822. The molecule has 7 nitrogen and oxygen atoms in total. The number of hydrazine groups is 1. The number of fused-ring (bicyclic) bond motifs is 1. The molecule has 162 valence electrons. The van der Waals surface area contributed by atoms with Crippen molar-refractivity contribution in [3.63, 3.8) is 0 Å². The highest BCUT2D eigenvalue weighted by atomic mass is 19.3. The number of carbonyl (C=O) groups excluding carboxylic acids is 2. The van der Waals surface area contributed by atoms with E-state index in [4.69, 9.17) is 4.98 Å². The summed E-state index contributed by atoms with van der Waals surface area (Å²) >= 11 is 0. The fraction of sp³-hybridized carbons (Fsp3) is 0.619. The van der Waals surface area contributed by atoms with Crippen LogP contribution < -0.4 is 26.3 Å². The Morgan fingerprint density at radius 3 is 2.57 bits per heavy atom. The maximum absolute atomic E-state index is 13.6. The molecule has 1 amide bonds. The number of ketones is 1. The van der Waals surface area contributed by atoms with Crippen molar-refractivity contribution in [1.29, 1.82) is 0 Å². The normalized spacial score (nSPS) is 26.1. The Morgan fingerprint density at radius 2 is 1.97 bits per heavy atom. The zero-order valence-corrected chi connectivity index (χ0v) is 17.3. The first kappa shape index (κ1) is 20.7. The predicted octanol–water partition coefficient (Wildman–Crippen LogP) is 1.11. The molecule has 9 heteroatoms. The quantitative estimate of drug-likeness (QED) is 0.744. The molecule has 0 spiro atoms. The van der Waals surface area contributed by atoms with E-state index in [9.17, 15) is 18.4 Å². The van der Waals surface area contributed by atoms with Gasteiger partial charge in [-0.25, -0.2) is 18.7 Å². The first-order chi connectivity index (χ1) is 14.2. The second-order valence-corrected chi connectivity index (χ2v) is 8.63. The lowest BCUT2D eigenvalue weighted by atomic mass is 9.72. The minimum Gasteiger partial charge on any atom is -0.346 e. The van der Waals surface area contributed by atoms with Crippen LogP contribution in [0, 0.1) is 5.92 Å². The lowest BCUT2D eigenvalue weighted by Crippen LogP contribution is -2.48. The van der Waals surface area contributed by atoms with Crippen LogP contribution in [0.3, 0.4) is 0 Å². The largest absolute Gasteiger partial charge is 0.346 e. The van der Waals surface area contributed by atoms with Gasteiger partial charge in [0.25, 0.3) is 0 Å². The molecule has 2 saturated carbocycles.